The van der Waals surface area contributed by atoms with Crippen molar-refractivity contribution < 1.29 is 5.11 Å². The molecule has 2 aromatic heterocycles. The fraction of sp³-hybridized carbons (Fsp3) is 0.111. The van der Waals surface area contributed by atoms with Crippen LogP contribution < -0.4 is 5.73 Å². The van der Waals surface area contributed by atoms with Crippen molar-refractivity contribution in [2.75, 3.05) is 0 Å². The van der Waals surface area contributed by atoms with Crippen LogP contribution in [0.3, 0.4) is 0 Å². The summed E-state index contributed by atoms with van der Waals surface area (Å²) in [5.74, 6) is 0.627. The van der Waals surface area contributed by atoms with Gasteiger partial charge in [0.2, 0.25) is 0 Å². The first-order chi connectivity index (χ1) is 11.7. The Labute approximate surface area is 138 Å². The second-order valence-electron chi connectivity index (χ2n) is 5.75. The van der Waals surface area contributed by atoms with E-state index in [1.54, 1.807) is 0 Å². The minimum absolute atomic E-state index is 0.0797. The van der Waals surface area contributed by atoms with E-state index in [4.69, 9.17) is 5.73 Å². The molecule has 6 heteroatoms. The topological polar surface area (TPSA) is 104 Å². The number of nitrogens with zero attached hydrogens (tertiary/aromatic N) is 2. The molecule has 0 fully saturated rings. The highest BCUT2D eigenvalue weighted by molar-refractivity contribution is 5.83. The van der Waals surface area contributed by atoms with Crippen LogP contribution in [0, 0.1) is 6.92 Å². The van der Waals surface area contributed by atoms with Gasteiger partial charge in [0.15, 0.2) is 11.6 Å². The Hall–Kier alpha value is -3.12. The molecule has 0 amide bonds. The quantitative estimate of drug-likeness (QED) is 0.466. The summed E-state index contributed by atoms with van der Waals surface area (Å²) in [7, 11) is 0. The molecule has 0 bridgehead atoms. The SMILES string of the molecule is Cc1cc2[nH]c(-c3[nH]nc(-c4ccccc4)c3O)nc2cc1CN. The summed E-state index contributed by atoms with van der Waals surface area (Å²) in [6.45, 7) is 2.49. The third-order valence-corrected chi connectivity index (χ3v) is 4.18. The molecule has 0 aliphatic carbocycles. The van der Waals surface area contributed by atoms with E-state index in [0.29, 0.717) is 23.8 Å². The first-order valence-electron chi connectivity index (χ1n) is 7.70. The molecule has 0 aliphatic heterocycles. The van der Waals surface area contributed by atoms with Gasteiger partial charge in [0.25, 0.3) is 0 Å². The van der Waals surface area contributed by atoms with Crippen molar-refractivity contribution in [1.29, 1.82) is 0 Å². The molecule has 4 aromatic rings. The fourth-order valence-corrected chi connectivity index (χ4v) is 2.85. The van der Waals surface area contributed by atoms with Gasteiger partial charge in [-0.1, -0.05) is 30.3 Å². The van der Waals surface area contributed by atoms with Gasteiger partial charge >= 0.3 is 0 Å². The molecule has 120 valence electrons. The Morgan fingerprint density at radius 1 is 1.17 bits per heavy atom. The number of aromatic nitrogens is 4. The normalized spacial score (nSPS) is 11.2. The third kappa shape index (κ3) is 2.24. The minimum Gasteiger partial charge on any atom is -0.504 e. The monoisotopic (exact) mass is 319 g/mol. The van der Waals surface area contributed by atoms with E-state index in [2.05, 4.69) is 20.2 Å². The van der Waals surface area contributed by atoms with Crippen molar-refractivity contribution in [2.45, 2.75) is 13.5 Å². The summed E-state index contributed by atoms with van der Waals surface area (Å²) in [5, 5.41) is 17.6. The molecule has 0 saturated carbocycles. The van der Waals surface area contributed by atoms with Gasteiger partial charge in [0.1, 0.15) is 11.4 Å². The largest absolute Gasteiger partial charge is 0.504 e. The molecular formula is C18H17N5O. The predicted octanol–water partition coefficient (Wildman–Crippen LogP) is 3.09. The number of H-pyrrole nitrogens is 2. The molecule has 2 aromatic carbocycles. The van der Waals surface area contributed by atoms with Crippen molar-refractivity contribution in [3.8, 4) is 28.5 Å². The van der Waals surface area contributed by atoms with Crippen LogP contribution in [0.1, 0.15) is 11.1 Å². The van der Waals surface area contributed by atoms with E-state index in [0.717, 1.165) is 27.7 Å². The molecular weight excluding hydrogens is 302 g/mol. The smallest absolute Gasteiger partial charge is 0.172 e. The Balaban J connectivity index is 1.82. The summed E-state index contributed by atoms with van der Waals surface area (Å²) < 4.78 is 0. The number of aryl methyl sites for hydroxylation is 1. The maximum Gasteiger partial charge on any atom is 0.172 e. The van der Waals surface area contributed by atoms with Crippen LogP contribution in [0.25, 0.3) is 33.8 Å². The second-order valence-corrected chi connectivity index (χ2v) is 5.75. The Morgan fingerprint density at radius 2 is 1.96 bits per heavy atom. The molecule has 24 heavy (non-hydrogen) atoms. The molecule has 6 nitrogen and oxygen atoms in total. The number of aromatic hydroxyl groups is 1. The highest BCUT2D eigenvalue weighted by Crippen LogP contribution is 2.35. The molecule has 0 spiro atoms. The molecule has 0 aliphatic rings. The summed E-state index contributed by atoms with van der Waals surface area (Å²) in [4.78, 5) is 7.78. The highest BCUT2D eigenvalue weighted by atomic mass is 16.3. The van der Waals surface area contributed by atoms with Crippen LogP contribution in [0.2, 0.25) is 0 Å². The molecule has 4 rings (SSSR count). The zero-order valence-electron chi connectivity index (χ0n) is 13.2. The van der Waals surface area contributed by atoms with Crippen LogP contribution in [0.5, 0.6) is 5.75 Å². The van der Waals surface area contributed by atoms with Crippen LogP contribution in [-0.2, 0) is 6.54 Å². The number of rotatable bonds is 3. The number of nitrogens with two attached hydrogens (primary N) is 1. The standard InChI is InChI=1S/C18H17N5O/c1-10-7-13-14(8-12(10)9-19)21-18(20-13)16-17(24)15(22-23-16)11-5-3-2-4-6-11/h2-8,24H,9,19H2,1H3,(H,20,21)(H,22,23). The predicted molar refractivity (Wildman–Crippen MR) is 93.4 cm³/mol. The second kappa shape index (κ2) is 5.50. The van der Waals surface area contributed by atoms with Crippen molar-refractivity contribution in [3.63, 3.8) is 0 Å². The van der Waals surface area contributed by atoms with E-state index in [1.807, 2.05) is 49.4 Å². The number of nitrogens with one attached hydrogen (secondary N) is 2. The molecule has 2 heterocycles. The first-order valence-corrected chi connectivity index (χ1v) is 7.70. The van der Waals surface area contributed by atoms with Crippen molar-refractivity contribution in [2.24, 2.45) is 5.73 Å². The van der Waals surface area contributed by atoms with E-state index in [9.17, 15) is 5.11 Å². The molecule has 0 unspecified atom stereocenters. The number of hydrogen-bond acceptors (Lipinski definition) is 4. The molecule has 5 N–H and O–H groups in total. The van der Waals surface area contributed by atoms with Gasteiger partial charge in [-0.05, 0) is 30.2 Å². The van der Waals surface area contributed by atoms with Crippen LogP contribution in [0.4, 0.5) is 0 Å². The maximum atomic E-state index is 10.5. The minimum atomic E-state index is 0.0797. The maximum absolute atomic E-state index is 10.5. The number of hydrogen-bond donors (Lipinski definition) is 4. The van der Waals surface area contributed by atoms with Gasteiger partial charge in [0, 0.05) is 12.1 Å². The van der Waals surface area contributed by atoms with Gasteiger partial charge < -0.3 is 15.8 Å². The number of benzene rings is 2. The lowest BCUT2D eigenvalue weighted by atomic mass is 10.1. The van der Waals surface area contributed by atoms with Gasteiger partial charge in [-0.2, -0.15) is 5.10 Å². The number of fused-ring (bicyclic) bond motifs is 1. The van der Waals surface area contributed by atoms with Crippen LogP contribution in [0.15, 0.2) is 42.5 Å². The third-order valence-electron chi connectivity index (χ3n) is 4.18. The number of imidazole rings is 1. The zero-order chi connectivity index (χ0) is 16.7. The summed E-state index contributed by atoms with van der Waals surface area (Å²) >= 11 is 0. The lowest BCUT2D eigenvalue weighted by Gasteiger charge is -2.01. The molecule has 0 saturated heterocycles. The molecule has 0 atom stereocenters. The Bertz CT molecular complexity index is 1020. The van der Waals surface area contributed by atoms with Gasteiger partial charge in [-0.3, -0.25) is 5.10 Å². The molecule has 0 radical (unpaired) electrons. The zero-order valence-corrected chi connectivity index (χ0v) is 13.2. The van der Waals surface area contributed by atoms with E-state index in [-0.39, 0.29) is 5.75 Å². The Kier molecular flexibility index (Phi) is 3.32. The summed E-state index contributed by atoms with van der Waals surface area (Å²) in [6, 6.07) is 13.5. The van der Waals surface area contributed by atoms with Gasteiger partial charge in [0.05, 0.1) is 11.0 Å². The fourth-order valence-electron chi connectivity index (χ4n) is 2.85. The van der Waals surface area contributed by atoms with E-state index in [1.165, 1.54) is 0 Å². The van der Waals surface area contributed by atoms with E-state index >= 15 is 0 Å². The van der Waals surface area contributed by atoms with Gasteiger partial charge in [-0.15, -0.1) is 0 Å². The average Bonchev–Trinajstić information content (AvgIpc) is 3.17. The summed E-state index contributed by atoms with van der Waals surface area (Å²) in [6.07, 6.45) is 0. The first kappa shape index (κ1) is 14.5. The summed E-state index contributed by atoms with van der Waals surface area (Å²) in [5.41, 5.74) is 11.4. The van der Waals surface area contributed by atoms with Crippen molar-refractivity contribution in [1.82, 2.24) is 20.2 Å². The van der Waals surface area contributed by atoms with Crippen LogP contribution in [-0.4, -0.2) is 25.3 Å². The van der Waals surface area contributed by atoms with Gasteiger partial charge in [-0.25, -0.2) is 4.98 Å². The lowest BCUT2D eigenvalue weighted by molar-refractivity contribution is 0.479. The van der Waals surface area contributed by atoms with E-state index < -0.39 is 0 Å². The van der Waals surface area contributed by atoms with Crippen molar-refractivity contribution in [3.05, 3.63) is 53.6 Å². The lowest BCUT2D eigenvalue weighted by Crippen LogP contribution is -1.98. The average molecular weight is 319 g/mol. The highest BCUT2D eigenvalue weighted by Gasteiger charge is 2.18. The van der Waals surface area contributed by atoms with Crippen LogP contribution >= 0.6 is 0 Å². The Morgan fingerprint density at radius 3 is 2.71 bits per heavy atom. The van der Waals surface area contributed by atoms with Crippen molar-refractivity contribution >= 4 is 11.0 Å². The number of aromatic amines is 2.